The number of hydrogen-bond acceptors (Lipinski definition) is 6. The van der Waals surface area contributed by atoms with Crippen molar-refractivity contribution in [2.45, 2.75) is 68.1 Å². The molecule has 0 bridgehead atoms. The number of anilines is 1. The molecule has 1 aliphatic carbocycles. The van der Waals surface area contributed by atoms with Crippen molar-refractivity contribution in [2.24, 2.45) is 0 Å². The molecular weight excluding hydrogens is 459 g/mol. The first-order chi connectivity index (χ1) is 15.6. The van der Waals surface area contributed by atoms with E-state index in [1.165, 1.54) is 6.42 Å². The number of carbonyl (C=O) groups excluding carboxylic acids is 1. The summed E-state index contributed by atoms with van der Waals surface area (Å²) in [5.74, 6) is 0.422. The maximum atomic E-state index is 13.4. The molecule has 2 aromatic rings. The standard InChI is InChI=1S/C21H24F3N5O3S/c1-3-11-28-18(14-7-5-4-6-8-14)26-27-20(28)33-13(2)19(30)25-17-10-9-15(29(31)32)12-16(17)21(22,23)24/h3,9-10,12-14H,1,4-8,11H2,2H3,(H,25,30). The summed E-state index contributed by atoms with van der Waals surface area (Å²) in [5.41, 5.74) is -2.53. The van der Waals surface area contributed by atoms with Crippen molar-refractivity contribution in [3.63, 3.8) is 0 Å². The van der Waals surface area contributed by atoms with Crippen molar-refractivity contribution >= 4 is 29.0 Å². The van der Waals surface area contributed by atoms with E-state index in [-0.39, 0.29) is 5.92 Å². The van der Waals surface area contributed by atoms with Crippen molar-refractivity contribution in [3.8, 4) is 0 Å². The van der Waals surface area contributed by atoms with E-state index in [2.05, 4.69) is 22.1 Å². The van der Waals surface area contributed by atoms with Gasteiger partial charge < -0.3 is 9.88 Å². The Hall–Kier alpha value is -2.89. The molecule has 12 heteroatoms. The topological polar surface area (TPSA) is 103 Å². The van der Waals surface area contributed by atoms with Crippen LogP contribution in [0, 0.1) is 10.1 Å². The minimum absolute atomic E-state index is 0.277. The largest absolute Gasteiger partial charge is 0.418 e. The summed E-state index contributed by atoms with van der Waals surface area (Å²) in [6.07, 6.45) is 2.27. The minimum Gasteiger partial charge on any atom is -0.325 e. The van der Waals surface area contributed by atoms with E-state index in [1.54, 1.807) is 13.0 Å². The molecule has 0 spiro atoms. The van der Waals surface area contributed by atoms with E-state index in [9.17, 15) is 28.1 Å². The molecule has 0 saturated heterocycles. The quantitative estimate of drug-likeness (QED) is 0.228. The molecule has 1 heterocycles. The Morgan fingerprint density at radius 3 is 2.67 bits per heavy atom. The second-order valence-corrected chi connectivity index (χ2v) is 9.12. The van der Waals surface area contributed by atoms with E-state index in [0.717, 1.165) is 55.4 Å². The van der Waals surface area contributed by atoms with Crippen LogP contribution in [0.4, 0.5) is 24.5 Å². The Morgan fingerprint density at radius 1 is 1.36 bits per heavy atom. The predicted molar refractivity (Wildman–Crippen MR) is 118 cm³/mol. The maximum absolute atomic E-state index is 13.4. The van der Waals surface area contributed by atoms with Gasteiger partial charge in [0.25, 0.3) is 5.69 Å². The molecule has 1 saturated carbocycles. The van der Waals surface area contributed by atoms with E-state index in [0.29, 0.717) is 17.8 Å². The van der Waals surface area contributed by atoms with Gasteiger partial charge in [-0.25, -0.2) is 0 Å². The molecule has 1 aromatic heterocycles. The lowest BCUT2D eigenvalue weighted by Crippen LogP contribution is -2.25. The molecule has 3 rings (SSSR count). The highest BCUT2D eigenvalue weighted by molar-refractivity contribution is 8.00. The molecule has 1 aromatic carbocycles. The molecule has 0 radical (unpaired) electrons. The number of alkyl halides is 3. The summed E-state index contributed by atoms with van der Waals surface area (Å²) in [7, 11) is 0. The first-order valence-corrected chi connectivity index (χ1v) is 11.4. The Morgan fingerprint density at radius 2 is 2.06 bits per heavy atom. The molecule has 1 fully saturated rings. The van der Waals surface area contributed by atoms with Crippen LogP contribution in [0.15, 0.2) is 36.0 Å². The van der Waals surface area contributed by atoms with E-state index < -0.39 is 39.2 Å². The molecule has 0 aliphatic heterocycles. The van der Waals surface area contributed by atoms with Crippen LogP contribution in [0.2, 0.25) is 0 Å². The van der Waals surface area contributed by atoms with E-state index in [1.807, 2.05) is 4.57 Å². The van der Waals surface area contributed by atoms with Crippen LogP contribution in [0.1, 0.15) is 56.3 Å². The third kappa shape index (κ3) is 5.92. The van der Waals surface area contributed by atoms with Crippen LogP contribution in [0.5, 0.6) is 0 Å². The highest BCUT2D eigenvalue weighted by atomic mass is 32.2. The van der Waals surface area contributed by atoms with E-state index >= 15 is 0 Å². The molecule has 1 N–H and O–H groups in total. The number of benzene rings is 1. The van der Waals surface area contributed by atoms with Gasteiger partial charge in [-0.1, -0.05) is 37.1 Å². The minimum atomic E-state index is -4.87. The lowest BCUT2D eigenvalue weighted by molar-refractivity contribution is -0.385. The van der Waals surface area contributed by atoms with Crippen molar-refractivity contribution in [1.82, 2.24) is 14.8 Å². The monoisotopic (exact) mass is 483 g/mol. The molecule has 33 heavy (non-hydrogen) atoms. The summed E-state index contributed by atoms with van der Waals surface area (Å²) in [6, 6.07) is 2.21. The zero-order valence-corrected chi connectivity index (χ0v) is 18.8. The number of rotatable bonds is 8. The number of halogens is 3. The van der Waals surface area contributed by atoms with Gasteiger partial charge in [0.1, 0.15) is 5.82 Å². The number of nitrogens with one attached hydrogen (secondary N) is 1. The molecule has 1 aliphatic rings. The second kappa shape index (κ2) is 10.4. The zero-order chi connectivity index (χ0) is 24.2. The SMILES string of the molecule is C=CCn1c(SC(C)C(=O)Nc2ccc([N+](=O)[O-])cc2C(F)(F)F)nnc1C1CCCCC1. The molecule has 8 nitrogen and oxygen atoms in total. The van der Waals surface area contributed by atoms with Crippen LogP contribution >= 0.6 is 11.8 Å². The predicted octanol–water partition coefficient (Wildman–Crippen LogP) is 5.56. The van der Waals surface area contributed by atoms with Gasteiger partial charge in [0.15, 0.2) is 5.16 Å². The lowest BCUT2D eigenvalue weighted by atomic mass is 9.89. The Kier molecular flexibility index (Phi) is 7.77. The van der Waals surface area contributed by atoms with Gasteiger partial charge in [-0.05, 0) is 25.8 Å². The zero-order valence-electron chi connectivity index (χ0n) is 18.0. The van der Waals surface area contributed by atoms with Crippen LogP contribution < -0.4 is 5.32 Å². The third-order valence-electron chi connectivity index (χ3n) is 5.46. The van der Waals surface area contributed by atoms with Crippen molar-refractivity contribution in [2.75, 3.05) is 5.32 Å². The second-order valence-electron chi connectivity index (χ2n) is 7.81. The van der Waals surface area contributed by atoms with E-state index in [4.69, 9.17) is 0 Å². The van der Waals surface area contributed by atoms with Gasteiger partial charge in [-0.2, -0.15) is 13.2 Å². The number of nitrogens with zero attached hydrogens (tertiary/aromatic N) is 4. The number of thioether (sulfide) groups is 1. The summed E-state index contributed by atoms with van der Waals surface area (Å²) < 4.78 is 42.1. The summed E-state index contributed by atoms with van der Waals surface area (Å²) in [4.78, 5) is 22.6. The number of nitro groups is 1. The number of allylic oxidation sites excluding steroid dienone is 1. The van der Waals surface area contributed by atoms with Crippen molar-refractivity contribution < 1.29 is 22.9 Å². The van der Waals surface area contributed by atoms with Gasteiger partial charge in [0.05, 0.1) is 21.4 Å². The van der Waals surface area contributed by atoms with Crippen LogP contribution in [0.25, 0.3) is 0 Å². The Labute approximate surface area is 192 Å². The van der Waals surface area contributed by atoms with Crippen molar-refractivity contribution in [1.29, 1.82) is 0 Å². The number of non-ortho nitro benzene ring substituents is 1. The van der Waals surface area contributed by atoms with Crippen molar-refractivity contribution in [3.05, 3.63) is 52.4 Å². The maximum Gasteiger partial charge on any atom is 0.418 e. The fraction of sp³-hybridized carbons (Fsp3) is 0.476. The Bertz CT molecular complexity index is 1030. The number of nitro benzene ring substituents is 1. The van der Waals surface area contributed by atoms with Gasteiger partial charge in [0, 0.05) is 24.6 Å². The summed E-state index contributed by atoms with van der Waals surface area (Å²) in [5, 5.41) is 21.3. The highest BCUT2D eigenvalue weighted by Crippen LogP contribution is 2.38. The van der Waals surface area contributed by atoms with Gasteiger partial charge in [-0.3, -0.25) is 14.9 Å². The molecule has 1 atom stereocenters. The molecule has 178 valence electrons. The molecule has 1 unspecified atom stereocenters. The fourth-order valence-electron chi connectivity index (χ4n) is 3.79. The smallest absolute Gasteiger partial charge is 0.325 e. The summed E-state index contributed by atoms with van der Waals surface area (Å²) in [6.45, 7) is 5.77. The normalized spacial score (nSPS) is 15.8. The Balaban J connectivity index is 1.78. The molecular formula is C21H24F3N5O3S. The van der Waals surface area contributed by atoms with Crippen LogP contribution in [-0.4, -0.2) is 30.8 Å². The van der Waals surface area contributed by atoms with Gasteiger partial charge in [0.2, 0.25) is 5.91 Å². The first kappa shape index (κ1) is 24.7. The number of hydrogen-bond donors (Lipinski definition) is 1. The average Bonchev–Trinajstić information content (AvgIpc) is 3.16. The molecule has 1 amide bonds. The first-order valence-electron chi connectivity index (χ1n) is 10.5. The number of aromatic nitrogens is 3. The van der Waals surface area contributed by atoms with Gasteiger partial charge in [-0.15, -0.1) is 16.8 Å². The lowest BCUT2D eigenvalue weighted by Gasteiger charge is -2.21. The fourth-order valence-corrected chi connectivity index (χ4v) is 4.65. The highest BCUT2D eigenvalue weighted by Gasteiger charge is 2.36. The number of amides is 1. The van der Waals surface area contributed by atoms with Gasteiger partial charge >= 0.3 is 6.18 Å². The third-order valence-corrected chi connectivity index (χ3v) is 6.54. The van der Waals surface area contributed by atoms with Crippen LogP contribution in [0.3, 0.4) is 0 Å². The number of carbonyl (C=O) groups is 1. The average molecular weight is 484 g/mol. The summed E-state index contributed by atoms with van der Waals surface area (Å²) >= 11 is 1.08. The van der Waals surface area contributed by atoms with Crippen LogP contribution in [-0.2, 0) is 17.5 Å².